The summed E-state index contributed by atoms with van der Waals surface area (Å²) in [4.78, 5) is 16.9. The number of para-hydroxylation sites is 1. The molecule has 5 nitrogen and oxygen atoms in total. The molecular formula is C19H27N3O2. The molecule has 1 aromatic heterocycles. The van der Waals surface area contributed by atoms with E-state index in [1.54, 1.807) is 6.92 Å². The van der Waals surface area contributed by atoms with Crippen LogP contribution in [0.4, 0.5) is 0 Å². The molecule has 1 amide bonds. The minimum atomic E-state index is -0.313. The fraction of sp³-hybridized carbons (Fsp3) is 0.526. The number of aromatic nitrogens is 1. The molecule has 1 aromatic carbocycles. The van der Waals surface area contributed by atoms with Crippen LogP contribution in [-0.2, 0) is 17.8 Å². The Morgan fingerprint density at radius 3 is 2.58 bits per heavy atom. The molecule has 1 fully saturated rings. The first kappa shape index (κ1) is 17.0. The third kappa shape index (κ3) is 3.62. The van der Waals surface area contributed by atoms with Crippen molar-refractivity contribution < 1.29 is 9.90 Å². The van der Waals surface area contributed by atoms with Gasteiger partial charge in [-0.05, 0) is 25.5 Å². The van der Waals surface area contributed by atoms with Crippen LogP contribution in [0.15, 0.2) is 30.5 Å². The van der Waals surface area contributed by atoms with Crippen molar-refractivity contribution in [3.63, 3.8) is 0 Å². The van der Waals surface area contributed by atoms with E-state index in [-0.39, 0.29) is 12.0 Å². The van der Waals surface area contributed by atoms with Gasteiger partial charge in [0.2, 0.25) is 5.91 Å². The van der Waals surface area contributed by atoms with Crippen molar-refractivity contribution in [2.24, 2.45) is 0 Å². The van der Waals surface area contributed by atoms with Gasteiger partial charge >= 0.3 is 0 Å². The summed E-state index contributed by atoms with van der Waals surface area (Å²) in [6, 6.07) is 8.29. The van der Waals surface area contributed by atoms with E-state index in [1.807, 2.05) is 17.0 Å². The molecule has 0 spiro atoms. The predicted molar refractivity (Wildman–Crippen MR) is 96.0 cm³/mol. The first-order valence-electron chi connectivity index (χ1n) is 8.83. The number of fused-ring (bicyclic) bond motifs is 1. The summed E-state index contributed by atoms with van der Waals surface area (Å²) in [6.45, 7) is 8.70. The number of carbonyl (C=O) groups excluding carboxylic acids is 1. The maximum Gasteiger partial charge on any atom is 0.227 e. The zero-order chi connectivity index (χ0) is 17.1. The molecule has 0 radical (unpaired) electrons. The molecule has 1 aliphatic heterocycles. The van der Waals surface area contributed by atoms with Gasteiger partial charge in [0, 0.05) is 56.4 Å². The van der Waals surface area contributed by atoms with E-state index in [9.17, 15) is 9.90 Å². The van der Waals surface area contributed by atoms with Crippen LogP contribution < -0.4 is 0 Å². The molecule has 1 N–H and O–H groups in total. The lowest BCUT2D eigenvalue weighted by molar-refractivity contribution is -0.132. The van der Waals surface area contributed by atoms with Crippen molar-refractivity contribution in [1.29, 1.82) is 0 Å². The molecule has 0 bridgehead atoms. The molecule has 0 unspecified atom stereocenters. The highest BCUT2D eigenvalue weighted by atomic mass is 16.3. The highest BCUT2D eigenvalue weighted by Gasteiger charge is 2.22. The van der Waals surface area contributed by atoms with Crippen LogP contribution in [0.1, 0.15) is 19.4 Å². The zero-order valence-corrected chi connectivity index (χ0v) is 14.6. The van der Waals surface area contributed by atoms with Crippen LogP contribution in [0.3, 0.4) is 0 Å². The Labute approximate surface area is 143 Å². The summed E-state index contributed by atoms with van der Waals surface area (Å²) in [6.07, 6.45) is 2.27. The summed E-state index contributed by atoms with van der Waals surface area (Å²) in [5.74, 6) is 0.200. The summed E-state index contributed by atoms with van der Waals surface area (Å²) < 4.78 is 2.21. The minimum absolute atomic E-state index is 0.200. The average molecular weight is 329 g/mol. The van der Waals surface area contributed by atoms with Crippen LogP contribution in [0.5, 0.6) is 0 Å². The number of hydrogen-bond acceptors (Lipinski definition) is 3. The minimum Gasteiger partial charge on any atom is -0.392 e. The highest BCUT2D eigenvalue weighted by molar-refractivity contribution is 5.89. The highest BCUT2D eigenvalue weighted by Crippen LogP contribution is 2.22. The molecule has 2 heterocycles. The van der Waals surface area contributed by atoms with Gasteiger partial charge in [0.25, 0.3) is 0 Å². The molecule has 24 heavy (non-hydrogen) atoms. The van der Waals surface area contributed by atoms with Crippen LogP contribution in [0.25, 0.3) is 10.9 Å². The van der Waals surface area contributed by atoms with Gasteiger partial charge in [-0.1, -0.05) is 18.2 Å². The van der Waals surface area contributed by atoms with Crippen LogP contribution in [0.2, 0.25) is 0 Å². The van der Waals surface area contributed by atoms with E-state index in [0.29, 0.717) is 13.0 Å². The molecule has 1 aliphatic rings. The number of aliphatic hydroxyl groups is 1. The second-order valence-electron chi connectivity index (χ2n) is 6.66. The standard InChI is InChI=1S/C19H27N3O2/c1-3-21-14-16(17-6-4-5-7-18(17)21)12-19(24)22-10-8-20(9-11-22)13-15(2)23/h4-7,14-15,23H,3,8-13H2,1-2H3/t15-/m0/s1. The lowest BCUT2D eigenvalue weighted by atomic mass is 10.1. The lowest BCUT2D eigenvalue weighted by Crippen LogP contribution is -2.50. The quantitative estimate of drug-likeness (QED) is 0.909. The van der Waals surface area contributed by atoms with E-state index >= 15 is 0 Å². The Kier molecular flexibility index (Phi) is 5.21. The maximum atomic E-state index is 12.7. The number of piperazine rings is 1. The monoisotopic (exact) mass is 329 g/mol. The largest absolute Gasteiger partial charge is 0.392 e. The van der Waals surface area contributed by atoms with Gasteiger partial charge in [-0.25, -0.2) is 0 Å². The van der Waals surface area contributed by atoms with Crippen molar-refractivity contribution in [3.8, 4) is 0 Å². The van der Waals surface area contributed by atoms with Gasteiger partial charge < -0.3 is 14.6 Å². The van der Waals surface area contributed by atoms with Gasteiger partial charge in [-0.15, -0.1) is 0 Å². The van der Waals surface area contributed by atoms with E-state index in [1.165, 1.54) is 10.9 Å². The number of nitrogens with zero attached hydrogens (tertiary/aromatic N) is 3. The number of aliphatic hydroxyl groups excluding tert-OH is 1. The number of β-amino-alcohol motifs (C(OH)–C–C–N with tert-alkyl or cyclic N) is 1. The van der Waals surface area contributed by atoms with E-state index < -0.39 is 0 Å². The number of rotatable bonds is 5. The van der Waals surface area contributed by atoms with Crippen LogP contribution >= 0.6 is 0 Å². The summed E-state index contributed by atoms with van der Waals surface area (Å²) in [7, 11) is 0. The van der Waals surface area contributed by atoms with Crippen LogP contribution in [-0.4, -0.2) is 64.2 Å². The maximum absolute atomic E-state index is 12.7. The SMILES string of the molecule is CCn1cc(CC(=O)N2CCN(C[C@H](C)O)CC2)c2ccccc21. The number of amides is 1. The first-order chi connectivity index (χ1) is 11.6. The number of carbonyl (C=O) groups is 1. The fourth-order valence-electron chi connectivity index (χ4n) is 3.55. The van der Waals surface area contributed by atoms with Crippen molar-refractivity contribution in [1.82, 2.24) is 14.4 Å². The molecular weight excluding hydrogens is 302 g/mol. The van der Waals surface area contributed by atoms with E-state index in [0.717, 1.165) is 38.3 Å². The third-order valence-electron chi connectivity index (χ3n) is 4.80. The van der Waals surface area contributed by atoms with Crippen molar-refractivity contribution in [2.75, 3.05) is 32.7 Å². The molecule has 130 valence electrons. The Hall–Kier alpha value is -1.85. The van der Waals surface area contributed by atoms with E-state index in [2.05, 4.69) is 34.7 Å². The normalized spacial score (nSPS) is 17.4. The zero-order valence-electron chi connectivity index (χ0n) is 14.6. The van der Waals surface area contributed by atoms with Gasteiger partial charge in [0.1, 0.15) is 0 Å². The average Bonchev–Trinajstić information content (AvgIpc) is 2.93. The molecule has 2 aromatic rings. The molecule has 1 saturated heterocycles. The molecule has 3 rings (SSSR count). The van der Waals surface area contributed by atoms with Gasteiger partial charge in [-0.2, -0.15) is 0 Å². The third-order valence-corrected chi connectivity index (χ3v) is 4.80. The Bertz CT molecular complexity index is 700. The molecule has 0 saturated carbocycles. The fourth-order valence-corrected chi connectivity index (χ4v) is 3.55. The van der Waals surface area contributed by atoms with Crippen molar-refractivity contribution in [3.05, 3.63) is 36.0 Å². The Morgan fingerprint density at radius 2 is 1.92 bits per heavy atom. The first-order valence-corrected chi connectivity index (χ1v) is 8.83. The second kappa shape index (κ2) is 7.36. The summed E-state index contributed by atoms with van der Waals surface area (Å²) in [5.41, 5.74) is 2.31. The predicted octanol–water partition coefficient (Wildman–Crippen LogP) is 1.73. The van der Waals surface area contributed by atoms with Gasteiger partial charge in [0.05, 0.1) is 12.5 Å². The Morgan fingerprint density at radius 1 is 1.21 bits per heavy atom. The molecule has 0 aliphatic carbocycles. The summed E-state index contributed by atoms with van der Waals surface area (Å²) >= 11 is 0. The van der Waals surface area contributed by atoms with E-state index in [4.69, 9.17) is 0 Å². The topological polar surface area (TPSA) is 48.7 Å². The van der Waals surface area contributed by atoms with Gasteiger partial charge in [0.15, 0.2) is 0 Å². The Balaban J connectivity index is 1.66. The second-order valence-corrected chi connectivity index (χ2v) is 6.66. The lowest BCUT2D eigenvalue weighted by Gasteiger charge is -2.35. The molecule has 1 atom stereocenters. The summed E-state index contributed by atoms with van der Waals surface area (Å²) in [5, 5.41) is 10.7. The number of benzene rings is 1. The van der Waals surface area contributed by atoms with Crippen molar-refractivity contribution in [2.45, 2.75) is 32.9 Å². The van der Waals surface area contributed by atoms with Crippen molar-refractivity contribution >= 4 is 16.8 Å². The smallest absolute Gasteiger partial charge is 0.227 e. The molecule has 5 heteroatoms. The number of aryl methyl sites for hydroxylation is 1. The number of hydrogen-bond donors (Lipinski definition) is 1. The van der Waals surface area contributed by atoms with Gasteiger partial charge in [-0.3, -0.25) is 9.69 Å². The van der Waals surface area contributed by atoms with Crippen LogP contribution in [0, 0.1) is 0 Å².